The molecule has 27 heavy (non-hydrogen) atoms. The molecule has 1 N–H and O–H groups in total. The van der Waals surface area contributed by atoms with Gasteiger partial charge in [-0.2, -0.15) is 0 Å². The fourth-order valence-electron chi connectivity index (χ4n) is 3.51. The number of nitrogens with zero attached hydrogens (tertiary/aromatic N) is 4. The Kier molecular flexibility index (Phi) is 4.98. The van der Waals surface area contributed by atoms with E-state index in [0.717, 1.165) is 42.3 Å². The first-order valence-electron chi connectivity index (χ1n) is 8.97. The van der Waals surface area contributed by atoms with Crippen LogP contribution in [0.15, 0.2) is 67.1 Å². The van der Waals surface area contributed by atoms with Crippen LogP contribution in [0, 0.1) is 5.82 Å². The maximum atomic E-state index is 13.3. The van der Waals surface area contributed by atoms with Gasteiger partial charge in [-0.3, -0.25) is 4.98 Å². The summed E-state index contributed by atoms with van der Waals surface area (Å²) >= 11 is 0. The normalized spacial score (nSPS) is 17.2. The lowest BCUT2D eigenvalue weighted by atomic mass is 10.0. The Labute approximate surface area is 157 Å². The van der Waals surface area contributed by atoms with Crippen LogP contribution in [0.1, 0.15) is 17.2 Å². The van der Waals surface area contributed by atoms with E-state index in [9.17, 15) is 9.50 Å². The first-order chi connectivity index (χ1) is 13.2. The Balaban J connectivity index is 1.65. The fourth-order valence-corrected chi connectivity index (χ4v) is 3.51. The number of rotatable bonds is 4. The van der Waals surface area contributed by atoms with Crippen molar-refractivity contribution in [3.63, 3.8) is 0 Å². The second-order valence-electron chi connectivity index (χ2n) is 6.59. The van der Waals surface area contributed by atoms with Gasteiger partial charge in [0.25, 0.3) is 0 Å². The van der Waals surface area contributed by atoms with Crippen LogP contribution in [-0.2, 0) is 6.61 Å². The van der Waals surface area contributed by atoms with Crippen LogP contribution in [-0.4, -0.2) is 34.7 Å². The lowest BCUT2D eigenvalue weighted by Gasteiger charge is -2.43. The minimum atomic E-state index is -0.229. The molecule has 3 aromatic rings. The number of anilines is 2. The SMILES string of the molecule is OCc1ccc(C2CN(c3ccc(F)cc3)CCN2c2cnccn2)cc1. The number of piperazine rings is 1. The molecule has 4 rings (SSSR count). The van der Waals surface area contributed by atoms with Gasteiger partial charge in [0.1, 0.15) is 11.6 Å². The standard InChI is InChI=1S/C21H21FN4O/c22-18-5-7-19(8-6-18)25-11-12-26(21-13-23-9-10-24-21)20(14-25)17-3-1-16(15-27)2-4-17/h1-10,13,20,27H,11-12,14-15H2. The van der Waals surface area contributed by atoms with Crippen LogP contribution >= 0.6 is 0 Å². The van der Waals surface area contributed by atoms with Crippen molar-refractivity contribution in [1.82, 2.24) is 9.97 Å². The van der Waals surface area contributed by atoms with Crippen molar-refractivity contribution >= 4 is 11.5 Å². The summed E-state index contributed by atoms with van der Waals surface area (Å²) in [7, 11) is 0. The third-order valence-electron chi connectivity index (χ3n) is 4.96. The zero-order valence-corrected chi connectivity index (χ0v) is 14.9. The molecule has 0 saturated carbocycles. The molecule has 1 aromatic heterocycles. The zero-order chi connectivity index (χ0) is 18.6. The summed E-state index contributed by atoms with van der Waals surface area (Å²) in [5, 5.41) is 9.31. The van der Waals surface area contributed by atoms with Gasteiger partial charge in [-0.15, -0.1) is 0 Å². The molecule has 1 unspecified atom stereocenters. The Morgan fingerprint density at radius 2 is 1.78 bits per heavy atom. The second-order valence-corrected chi connectivity index (χ2v) is 6.59. The Morgan fingerprint density at radius 1 is 1.00 bits per heavy atom. The van der Waals surface area contributed by atoms with Gasteiger partial charge in [0, 0.05) is 37.7 Å². The van der Waals surface area contributed by atoms with Crippen molar-refractivity contribution in [1.29, 1.82) is 0 Å². The minimum absolute atomic E-state index is 0.0283. The highest BCUT2D eigenvalue weighted by Gasteiger charge is 2.29. The fraction of sp³-hybridized carbons (Fsp3) is 0.238. The number of halogens is 1. The van der Waals surface area contributed by atoms with Crippen molar-refractivity contribution in [2.24, 2.45) is 0 Å². The largest absolute Gasteiger partial charge is 0.392 e. The van der Waals surface area contributed by atoms with Gasteiger partial charge in [0.2, 0.25) is 0 Å². The lowest BCUT2D eigenvalue weighted by molar-refractivity contribution is 0.282. The maximum absolute atomic E-state index is 13.3. The van der Waals surface area contributed by atoms with Gasteiger partial charge in [0.15, 0.2) is 0 Å². The average molecular weight is 364 g/mol. The van der Waals surface area contributed by atoms with Gasteiger partial charge in [-0.25, -0.2) is 9.37 Å². The van der Waals surface area contributed by atoms with Gasteiger partial charge in [-0.1, -0.05) is 24.3 Å². The average Bonchev–Trinajstić information content (AvgIpc) is 2.74. The Morgan fingerprint density at radius 3 is 2.44 bits per heavy atom. The first kappa shape index (κ1) is 17.4. The van der Waals surface area contributed by atoms with Crippen LogP contribution in [0.4, 0.5) is 15.9 Å². The van der Waals surface area contributed by atoms with E-state index in [4.69, 9.17) is 0 Å². The van der Waals surface area contributed by atoms with E-state index in [1.165, 1.54) is 12.1 Å². The maximum Gasteiger partial charge on any atom is 0.147 e. The van der Waals surface area contributed by atoms with Crippen molar-refractivity contribution in [2.75, 3.05) is 29.4 Å². The van der Waals surface area contributed by atoms with E-state index < -0.39 is 0 Å². The Bertz CT molecular complexity index is 871. The van der Waals surface area contributed by atoms with Gasteiger partial charge >= 0.3 is 0 Å². The molecule has 0 bridgehead atoms. The summed E-state index contributed by atoms with van der Waals surface area (Å²) in [5.41, 5.74) is 3.04. The number of aromatic nitrogens is 2. The molecular weight excluding hydrogens is 343 g/mol. The van der Waals surface area contributed by atoms with E-state index in [1.54, 1.807) is 18.6 Å². The highest BCUT2D eigenvalue weighted by Crippen LogP contribution is 2.31. The topological polar surface area (TPSA) is 52.5 Å². The van der Waals surface area contributed by atoms with Crippen LogP contribution in [0.5, 0.6) is 0 Å². The Hall–Kier alpha value is -2.99. The number of aliphatic hydroxyl groups excluding tert-OH is 1. The van der Waals surface area contributed by atoms with E-state index in [2.05, 4.69) is 19.8 Å². The smallest absolute Gasteiger partial charge is 0.147 e. The monoisotopic (exact) mass is 364 g/mol. The molecule has 1 atom stereocenters. The van der Waals surface area contributed by atoms with Gasteiger partial charge in [-0.05, 0) is 35.4 Å². The molecule has 5 nitrogen and oxygen atoms in total. The molecule has 0 spiro atoms. The molecule has 1 saturated heterocycles. The predicted octanol–water partition coefficient (Wildman–Crippen LogP) is 3.18. The van der Waals surface area contributed by atoms with E-state index in [0.29, 0.717) is 0 Å². The molecule has 0 radical (unpaired) electrons. The van der Waals surface area contributed by atoms with Crippen LogP contribution in [0.25, 0.3) is 0 Å². The van der Waals surface area contributed by atoms with Crippen molar-refractivity contribution in [2.45, 2.75) is 12.6 Å². The zero-order valence-electron chi connectivity index (χ0n) is 14.9. The number of benzene rings is 2. The van der Waals surface area contributed by atoms with Crippen molar-refractivity contribution < 1.29 is 9.50 Å². The highest BCUT2D eigenvalue weighted by molar-refractivity contribution is 5.51. The van der Waals surface area contributed by atoms with Crippen molar-refractivity contribution in [3.05, 3.63) is 84.1 Å². The van der Waals surface area contributed by atoms with Crippen LogP contribution in [0.2, 0.25) is 0 Å². The third-order valence-corrected chi connectivity index (χ3v) is 4.96. The molecule has 138 valence electrons. The third kappa shape index (κ3) is 3.75. The van der Waals surface area contributed by atoms with Gasteiger partial charge < -0.3 is 14.9 Å². The molecule has 6 heteroatoms. The summed E-state index contributed by atoms with van der Waals surface area (Å²) in [6.45, 7) is 2.37. The molecule has 2 aromatic carbocycles. The molecule has 1 aliphatic heterocycles. The summed E-state index contributed by atoms with van der Waals surface area (Å²) in [5.74, 6) is 0.612. The van der Waals surface area contributed by atoms with E-state index in [1.807, 2.05) is 36.4 Å². The lowest BCUT2D eigenvalue weighted by Crippen LogP contribution is -2.49. The van der Waals surface area contributed by atoms with E-state index in [-0.39, 0.29) is 18.5 Å². The van der Waals surface area contributed by atoms with Crippen molar-refractivity contribution in [3.8, 4) is 0 Å². The number of hydrogen-bond acceptors (Lipinski definition) is 5. The molecule has 0 amide bonds. The molecule has 1 aliphatic rings. The first-order valence-corrected chi connectivity index (χ1v) is 8.97. The summed E-state index contributed by atoms with van der Waals surface area (Å²) in [6, 6.07) is 14.7. The molecule has 0 aliphatic carbocycles. The quantitative estimate of drug-likeness (QED) is 0.771. The molecular formula is C21H21FN4O. The van der Waals surface area contributed by atoms with Crippen LogP contribution < -0.4 is 9.80 Å². The summed E-state index contributed by atoms with van der Waals surface area (Å²) in [6.07, 6.45) is 5.15. The number of aliphatic hydroxyl groups is 1. The number of hydrogen-bond donors (Lipinski definition) is 1. The summed E-state index contributed by atoms with van der Waals surface area (Å²) in [4.78, 5) is 13.2. The van der Waals surface area contributed by atoms with E-state index >= 15 is 0 Å². The summed E-state index contributed by atoms with van der Waals surface area (Å²) < 4.78 is 13.3. The highest BCUT2D eigenvalue weighted by atomic mass is 19.1. The van der Waals surface area contributed by atoms with Crippen LogP contribution in [0.3, 0.4) is 0 Å². The molecule has 1 fully saturated rings. The second kappa shape index (κ2) is 7.72. The minimum Gasteiger partial charge on any atom is -0.392 e. The van der Waals surface area contributed by atoms with Gasteiger partial charge in [0.05, 0.1) is 18.8 Å². The predicted molar refractivity (Wildman–Crippen MR) is 103 cm³/mol. The molecule has 2 heterocycles.